The molecule has 1 heterocycles. The average Bonchev–Trinajstić information content (AvgIpc) is 2.64. The minimum Gasteiger partial charge on any atom is -0.313 e. The van der Waals surface area contributed by atoms with E-state index >= 15 is 0 Å². The molecule has 15 heavy (non-hydrogen) atoms. The topological polar surface area (TPSA) is 12.0 Å². The molecule has 1 nitrogen and oxygen atoms in total. The summed E-state index contributed by atoms with van der Waals surface area (Å²) in [6, 6.07) is 0.799. The highest BCUT2D eigenvalue weighted by molar-refractivity contribution is 5.31. The Morgan fingerprint density at radius 1 is 1.20 bits per heavy atom. The van der Waals surface area contributed by atoms with Gasteiger partial charge in [-0.05, 0) is 54.4 Å². The van der Waals surface area contributed by atoms with Gasteiger partial charge in [-0.2, -0.15) is 0 Å². The third-order valence-electron chi connectivity index (χ3n) is 5.77. The fourth-order valence-corrected chi connectivity index (χ4v) is 5.08. The second kappa shape index (κ2) is 2.51. The first-order chi connectivity index (χ1) is 7.24. The lowest BCUT2D eigenvalue weighted by Gasteiger charge is -2.28. The van der Waals surface area contributed by atoms with E-state index in [2.05, 4.69) is 31.3 Å². The standard InChI is InChI=1S/C14H21N/c1-8(2)13-12-9(7-15-13)10-3-4-11(12)14(10)5-6-14/h3-4,8-13,15H,5-7H2,1-2H3. The molecular formula is C14H21N. The summed E-state index contributed by atoms with van der Waals surface area (Å²) in [6.07, 6.45) is 8.17. The van der Waals surface area contributed by atoms with E-state index in [1.807, 2.05) is 0 Å². The lowest BCUT2D eigenvalue weighted by molar-refractivity contribution is 0.268. The number of hydrogen-bond acceptors (Lipinski definition) is 1. The zero-order valence-electron chi connectivity index (χ0n) is 9.74. The molecule has 2 saturated carbocycles. The van der Waals surface area contributed by atoms with E-state index in [-0.39, 0.29) is 0 Å². The summed E-state index contributed by atoms with van der Waals surface area (Å²) >= 11 is 0. The van der Waals surface area contributed by atoms with Crippen molar-refractivity contribution in [3.63, 3.8) is 0 Å². The van der Waals surface area contributed by atoms with Crippen molar-refractivity contribution >= 4 is 0 Å². The van der Waals surface area contributed by atoms with Crippen molar-refractivity contribution in [2.75, 3.05) is 6.54 Å². The van der Waals surface area contributed by atoms with Gasteiger partial charge in [0, 0.05) is 6.04 Å². The second-order valence-electron chi connectivity index (χ2n) is 6.59. The van der Waals surface area contributed by atoms with Crippen LogP contribution in [0.4, 0.5) is 0 Å². The van der Waals surface area contributed by atoms with Gasteiger partial charge in [-0.1, -0.05) is 26.0 Å². The van der Waals surface area contributed by atoms with E-state index in [1.165, 1.54) is 19.4 Å². The lowest BCUT2D eigenvalue weighted by atomic mass is 9.78. The monoisotopic (exact) mass is 203 g/mol. The van der Waals surface area contributed by atoms with E-state index in [4.69, 9.17) is 0 Å². The zero-order valence-corrected chi connectivity index (χ0v) is 9.74. The molecule has 1 saturated heterocycles. The molecule has 1 N–H and O–H groups in total. The van der Waals surface area contributed by atoms with Crippen LogP contribution in [-0.2, 0) is 0 Å². The van der Waals surface area contributed by atoms with Crippen molar-refractivity contribution in [2.24, 2.45) is 35.0 Å². The molecule has 0 aromatic heterocycles. The van der Waals surface area contributed by atoms with E-state index < -0.39 is 0 Å². The molecule has 1 aliphatic heterocycles. The molecular weight excluding hydrogens is 182 g/mol. The predicted molar refractivity (Wildman–Crippen MR) is 61.4 cm³/mol. The van der Waals surface area contributed by atoms with Crippen LogP contribution in [0.3, 0.4) is 0 Å². The van der Waals surface area contributed by atoms with Crippen molar-refractivity contribution in [1.29, 1.82) is 0 Å². The van der Waals surface area contributed by atoms with Gasteiger partial charge in [-0.25, -0.2) is 0 Å². The fourth-order valence-electron chi connectivity index (χ4n) is 5.08. The number of fused-ring (bicyclic) bond motifs is 3. The molecule has 3 fully saturated rings. The van der Waals surface area contributed by atoms with Gasteiger partial charge >= 0.3 is 0 Å². The normalized spacial score (nSPS) is 53.1. The molecule has 0 aromatic carbocycles. The summed E-state index contributed by atoms with van der Waals surface area (Å²) in [5.74, 6) is 4.65. The minimum absolute atomic E-state index is 0.782. The largest absolute Gasteiger partial charge is 0.313 e. The average molecular weight is 203 g/mol. The van der Waals surface area contributed by atoms with Crippen molar-refractivity contribution in [3.8, 4) is 0 Å². The SMILES string of the molecule is CC(C)C1NCC2C1C1C=CC2C12CC2. The summed E-state index contributed by atoms with van der Waals surface area (Å²) in [7, 11) is 0. The molecule has 5 atom stereocenters. The first-order valence-electron chi connectivity index (χ1n) is 6.66. The highest BCUT2D eigenvalue weighted by Gasteiger charge is 2.69. The molecule has 0 amide bonds. The molecule has 4 rings (SSSR count). The van der Waals surface area contributed by atoms with Crippen LogP contribution in [-0.4, -0.2) is 12.6 Å². The number of hydrogen-bond donors (Lipinski definition) is 1. The van der Waals surface area contributed by atoms with Crippen LogP contribution in [0.2, 0.25) is 0 Å². The maximum atomic E-state index is 3.78. The molecule has 0 radical (unpaired) electrons. The molecule has 1 heteroatoms. The van der Waals surface area contributed by atoms with Gasteiger partial charge in [0.2, 0.25) is 0 Å². The Morgan fingerprint density at radius 3 is 2.60 bits per heavy atom. The smallest absolute Gasteiger partial charge is 0.0128 e. The number of allylic oxidation sites excluding steroid dienone is 2. The van der Waals surface area contributed by atoms with Gasteiger partial charge in [0.05, 0.1) is 0 Å². The van der Waals surface area contributed by atoms with Crippen LogP contribution < -0.4 is 5.32 Å². The van der Waals surface area contributed by atoms with Crippen LogP contribution in [0.5, 0.6) is 0 Å². The Morgan fingerprint density at radius 2 is 1.93 bits per heavy atom. The molecule has 5 unspecified atom stereocenters. The second-order valence-corrected chi connectivity index (χ2v) is 6.59. The third kappa shape index (κ3) is 0.860. The van der Waals surface area contributed by atoms with Gasteiger partial charge < -0.3 is 5.32 Å². The van der Waals surface area contributed by atoms with Crippen LogP contribution in [0.15, 0.2) is 12.2 Å². The molecule has 82 valence electrons. The van der Waals surface area contributed by atoms with E-state index in [0.717, 1.165) is 41.0 Å². The Balaban J connectivity index is 1.73. The molecule has 1 spiro atoms. The molecule has 0 aromatic rings. The Kier molecular flexibility index (Phi) is 1.47. The van der Waals surface area contributed by atoms with Gasteiger partial charge in [-0.15, -0.1) is 0 Å². The zero-order chi connectivity index (χ0) is 10.2. The minimum atomic E-state index is 0.782. The summed E-state index contributed by atoms with van der Waals surface area (Å²) in [6.45, 7) is 6.06. The quantitative estimate of drug-likeness (QED) is 0.645. The predicted octanol–water partition coefficient (Wildman–Crippen LogP) is 2.44. The van der Waals surface area contributed by atoms with E-state index in [9.17, 15) is 0 Å². The molecule has 2 bridgehead atoms. The lowest BCUT2D eigenvalue weighted by Crippen LogP contribution is -2.36. The first kappa shape index (κ1) is 8.81. The maximum absolute atomic E-state index is 3.78. The van der Waals surface area contributed by atoms with Gasteiger partial charge in [0.1, 0.15) is 0 Å². The van der Waals surface area contributed by atoms with Crippen molar-refractivity contribution in [1.82, 2.24) is 5.32 Å². The first-order valence-corrected chi connectivity index (χ1v) is 6.66. The van der Waals surface area contributed by atoms with Crippen molar-refractivity contribution < 1.29 is 0 Å². The summed E-state index contributed by atoms with van der Waals surface area (Å²) < 4.78 is 0. The third-order valence-corrected chi connectivity index (χ3v) is 5.77. The van der Waals surface area contributed by atoms with Gasteiger partial charge in [0.25, 0.3) is 0 Å². The van der Waals surface area contributed by atoms with Crippen molar-refractivity contribution in [3.05, 3.63) is 12.2 Å². The maximum Gasteiger partial charge on any atom is 0.0128 e. The summed E-state index contributed by atoms with van der Waals surface area (Å²) in [5, 5.41) is 3.78. The van der Waals surface area contributed by atoms with Crippen LogP contribution >= 0.6 is 0 Å². The van der Waals surface area contributed by atoms with Gasteiger partial charge in [-0.3, -0.25) is 0 Å². The Bertz CT molecular complexity index is 326. The van der Waals surface area contributed by atoms with E-state index in [0.29, 0.717) is 0 Å². The summed E-state index contributed by atoms with van der Waals surface area (Å²) in [4.78, 5) is 0. The molecule has 4 aliphatic rings. The highest BCUT2D eigenvalue weighted by atomic mass is 15.0. The van der Waals surface area contributed by atoms with Crippen LogP contribution in [0.25, 0.3) is 0 Å². The number of rotatable bonds is 1. The number of nitrogens with one attached hydrogen (secondary N) is 1. The summed E-state index contributed by atoms with van der Waals surface area (Å²) in [5.41, 5.74) is 0.782. The van der Waals surface area contributed by atoms with Crippen molar-refractivity contribution in [2.45, 2.75) is 32.7 Å². The molecule has 3 aliphatic carbocycles. The highest BCUT2D eigenvalue weighted by Crippen LogP contribution is 2.73. The van der Waals surface area contributed by atoms with E-state index in [1.54, 1.807) is 0 Å². The Labute approximate surface area is 92.3 Å². The fraction of sp³-hybridized carbons (Fsp3) is 0.857. The Hall–Kier alpha value is -0.300. The van der Waals surface area contributed by atoms with Gasteiger partial charge in [0.15, 0.2) is 0 Å². The van der Waals surface area contributed by atoms with Crippen LogP contribution in [0.1, 0.15) is 26.7 Å². The van der Waals surface area contributed by atoms with Crippen LogP contribution in [0, 0.1) is 35.0 Å².